The topological polar surface area (TPSA) is 84.9 Å². The Labute approximate surface area is 165 Å². The van der Waals surface area contributed by atoms with Gasteiger partial charge in [-0.1, -0.05) is 13.0 Å². The molecule has 0 bridgehead atoms. The predicted octanol–water partition coefficient (Wildman–Crippen LogP) is 2.43. The molecule has 158 valence electrons. The molecule has 0 fully saturated rings. The van der Waals surface area contributed by atoms with Gasteiger partial charge in [-0.15, -0.1) is 0 Å². The number of carbonyl (C=O) groups excluding carboxylic acids is 3. The van der Waals surface area contributed by atoms with Gasteiger partial charge in [-0.3, -0.25) is 9.59 Å². The average molecular weight is 414 g/mol. The van der Waals surface area contributed by atoms with Crippen molar-refractivity contribution in [2.75, 3.05) is 20.8 Å². The molecule has 1 aromatic carbocycles. The lowest BCUT2D eigenvalue weighted by molar-refractivity contribution is -0.192. The van der Waals surface area contributed by atoms with E-state index in [2.05, 4.69) is 4.74 Å². The molecule has 2 amide bonds. The summed E-state index contributed by atoms with van der Waals surface area (Å²) >= 11 is 0. The summed E-state index contributed by atoms with van der Waals surface area (Å²) in [5.74, 6) is -3.76. The number of hydrogen-bond acceptors (Lipinski definition) is 5. The van der Waals surface area contributed by atoms with Crippen LogP contribution in [0.5, 0.6) is 5.75 Å². The lowest BCUT2D eigenvalue weighted by atomic mass is 9.88. The van der Waals surface area contributed by atoms with Crippen LogP contribution in [0, 0.1) is 0 Å². The molecule has 0 radical (unpaired) electrons. The van der Waals surface area contributed by atoms with E-state index < -0.39 is 35.1 Å². The number of methoxy groups -OCH3 is 2. The Balaban J connectivity index is 2.65. The van der Waals surface area contributed by atoms with E-state index in [9.17, 15) is 27.6 Å². The van der Waals surface area contributed by atoms with Crippen LogP contribution in [-0.2, 0) is 14.3 Å². The van der Waals surface area contributed by atoms with Gasteiger partial charge in [-0.05, 0) is 31.5 Å². The van der Waals surface area contributed by atoms with Crippen molar-refractivity contribution in [3.8, 4) is 5.75 Å². The van der Waals surface area contributed by atoms with Crippen molar-refractivity contribution >= 4 is 17.8 Å². The molecule has 0 spiro atoms. The number of rotatable bonds is 6. The minimum absolute atomic E-state index is 0.0575. The van der Waals surface area contributed by atoms with E-state index in [1.54, 1.807) is 12.2 Å². The summed E-state index contributed by atoms with van der Waals surface area (Å²) in [4.78, 5) is 38.7. The third kappa shape index (κ3) is 3.66. The van der Waals surface area contributed by atoms with Gasteiger partial charge in [-0.25, -0.2) is 4.79 Å². The van der Waals surface area contributed by atoms with Gasteiger partial charge in [0.15, 0.2) is 0 Å². The monoisotopic (exact) mass is 414 g/mol. The summed E-state index contributed by atoms with van der Waals surface area (Å²) in [5, 5.41) is 1.76. The van der Waals surface area contributed by atoms with Gasteiger partial charge >= 0.3 is 12.1 Å². The molecule has 1 aromatic rings. The second kappa shape index (κ2) is 8.14. The summed E-state index contributed by atoms with van der Waals surface area (Å²) in [6.07, 6.45) is -4.96. The van der Waals surface area contributed by atoms with Crippen molar-refractivity contribution in [3.63, 3.8) is 0 Å². The highest BCUT2D eigenvalue weighted by Crippen LogP contribution is 2.45. The Morgan fingerprint density at radius 1 is 1.24 bits per heavy atom. The molecule has 29 heavy (non-hydrogen) atoms. The van der Waals surface area contributed by atoms with Crippen LogP contribution in [0.15, 0.2) is 35.5 Å². The molecule has 0 aromatic heterocycles. The zero-order valence-electron chi connectivity index (χ0n) is 16.3. The first-order valence-corrected chi connectivity index (χ1v) is 8.70. The number of alkyl halides is 3. The second-order valence-electron chi connectivity index (χ2n) is 6.34. The fourth-order valence-electron chi connectivity index (χ4n) is 3.22. The van der Waals surface area contributed by atoms with Crippen LogP contribution in [0.4, 0.5) is 13.2 Å². The number of ether oxygens (including phenoxy) is 2. The van der Waals surface area contributed by atoms with E-state index in [1.165, 1.54) is 38.3 Å². The van der Waals surface area contributed by atoms with Crippen LogP contribution in [0.1, 0.15) is 30.6 Å². The van der Waals surface area contributed by atoms with Crippen molar-refractivity contribution in [3.05, 3.63) is 41.1 Å². The third-order valence-electron chi connectivity index (χ3n) is 4.60. The van der Waals surface area contributed by atoms with Crippen molar-refractivity contribution in [2.45, 2.75) is 32.0 Å². The van der Waals surface area contributed by atoms with Crippen LogP contribution in [0.3, 0.4) is 0 Å². The molecule has 1 aliphatic heterocycles. The Morgan fingerprint density at radius 2 is 1.90 bits per heavy atom. The van der Waals surface area contributed by atoms with Crippen molar-refractivity contribution < 1.29 is 37.0 Å². The van der Waals surface area contributed by atoms with Gasteiger partial charge in [0.25, 0.3) is 17.4 Å². The maximum atomic E-state index is 14.3. The smallest absolute Gasteiger partial charge is 0.425 e. The number of carbonyl (C=O) groups is 3. The maximum Gasteiger partial charge on any atom is 0.425 e. The Kier molecular flexibility index (Phi) is 6.24. The van der Waals surface area contributed by atoms with Gasteiger partial charge in [0.2, 0.25) is 0 Å². The summed E-state index contributed by atoms with van der Waals surface area (Å²) in [6, 6.07) is 5.40. The average Bonchev–Trinajstić information content (AvgIpc) is 2.89. The molecule has 0 unspecified atom stereocenters. The Bertz CT molecular complexity index is 866. The SMILES string of the molecule is CCCN1C(=O)[C@](NC(=O)c2cccc(OC)c2)(C(F)(F)F)C(C(=O)OC)=C1C. The van der Waals surface area contributed by atoms with Gasteiger partial charge in [-0.2, -0.15) is 13.2 Å². The highest BCUT2D eigenvalue weighted by molar-refractivity contribution is 6.11. The van der Waals surface area contributed by atoms with E-state index in [4.69, 9.17) is 4.74 Å². The highest BCUT2D eigenvalue weighted by Gasteiger charge is 2.70. The van der Waals surface area contributed by atoms with E-state index >= 15 is 0 Å². The van der Waals surface area contributed by atoms with Crippen LogP contribution < -0.4 is 10.1 Å². The first kappa shape index (κ1) is 22.3. The predicted molar refractivity (Wildman–Crippen MR) is 96.0 cm³/mol. The van der Waals surface area contributed by atoms with Crippen molar-refractivity contribution in [1.29, 1.82) is 0 Å². The summed E-state index contributed by atoms with van der Waals surface area (Å²) < 4.78 is 52.4. The molecule has 7 nitrogen and oxygen atoms in total. The van der Waals surface area contributed by atoms with E-state index in [-0.39, 0.29) is 23.6 Å². The number of benzene rings is 1. The minimum Gasteiger partial charge on any atom is -0.497 e. The molecular weight excluding hydrogens is 393 g/mol. The standard InChI is InChI=1S/C19H21F3N2O5/c1-5-9-24-11(2)14(16(26)29-4)18(17(24)27,19(20,21)22)23-15(25)12-7-6-8-13(10-12)28-3/h6-8,10H,5,9H2,1-4H3,(H,23,25)/t18-/m0/s1. The number of halogens is 3. The fraction of sp³-hybridized carbons (Fsp3) is 0.421. The van der Waals surface area contributed by atoms with Crippen LogP contribution in [-0.4, -0.2) is 55.2 Å². The molecule has 2 rings (SSSR count). The largest absolute Gasteiger partial charge is 0.497 e. The second-order valence-corrected chi connectivity index (χ2v) is 6.34. The zero-order chi connectivity index (χ0) is 22.0. The van der Waals surface area contributed by atoms with Gasteiger partial charge in [0.05, 0.1) is 14.2 Å². The third-order valence-corrected chi connectivity index (χ3v) is 4.60. The van der Waals surface area contributed by atoms with Gasteiger partial charge in [0.1, 0.15) is 11.3 Å². The summed E-state index contributed by atoms with van der Waals surface area (Å²) in [5.41, 5.74) is -4.90. The van der Waals surface area contributed by atoms with Crippen LogP contribution in [0.2, 0.25) is 0 Å². The molecule has 0 saturated heterocycles. The lowest BCUT2D eigenvalue weighted by Crippen LogP contribution is -2.66. The first-order chi connectivity index (χ1) is 13.5. The maximum absolute atomic E-state index is 14.3. The fourth-order valence-corrected chi connectivity index (χ4v) is 3.22. The minimum atomic E-state index is -5.30. The van der Waals surface area contributed by atoms with Crippen LogP contribution >= 0.6 is 0 Å². The van der Waals surface area contributed by atoms with Gasteiger partial charge < -0.3 is 19.7 Å². The summed E-state index contributed by atoms with van der Waals surface area (Å²) in [7, 11) is 2.24. The van der Waals surface area contributed by atoms with Crippen molar-refractivity contribution in [2.24, 2.45) is 0 Å². The first-order valence-electron chi connectivity index (χ1n) is 8.70. The quantitative estimate of drug-likeness (QED) is 0.723. The Morgan fingerprint density at radius 3 is 2.41 bits per heavy atom. The normalized spacial score (nSPS) is 19.4. The van der Waals surface area contributed by atoms with Crippen LogP contribution in [0.25, 0.3) is 0 Å². The zero-order valence-corrected chi connectivity index (χ0v) is 16.3. The number of nitrogens with one attached hydrogen (secondary N) is 1. The molecule has 1 N–H and O–H groups in total. The number of allylic oxidation sites excluding steroid dienone is 1. The molecule has 0 saturated carbocycles. The highest BCUT2D eigenvalue weighted by atomic mass is 19.4. The molecular formula is C19H21F3N2O5. The number of nitrogens with zero attached hydrogens (tertiary/aromatic N) is 1. The van der Waals surface area contributed by atoms with E-state index in [0.29, 0.717) is 6.42 Å². The van der Waals surface area contributed by atoms with Crippen molar-refractivity contribution in [1.82, 2.24) is 10.2 Å². The summed E-state index contributed by atoms with van der Waals surface area (Å²) in [6.45, 7) is 2.82. The van der Waals surface area contributed by atoms with Gasteiger partial charge in [0, 0.05) is 17.8 Å². The molecule has 10 heteroatoms. The molecule has 0 aliphatic carbocycles. The number of esters is 1. The molecule has 1 heterocycles. The Hall–Kier alpha value is -3.04. The number of amides is 2. The lowest BCUT2D eigenvalue weighted by Gasteiger charge is -2.33. The molecule has 1 atom stereocenters. The van der Waals surface area contributed by atoms with E-state index in [0.717, 1.165) is 12.0 Å². The van der Waals surface area contributed by atoms with E-state index in [1.807, 2.05) is 0 Å². The number of hydrogen-bond donors (Lipinski definition) is 1. The molecule has 1 aliphatic rings.